The highest BCUT2D eigenvalue weighted by Gasteiger charge is 2.33. The summed E-state index contributed by atoms with van der Waals surface area (Å²) in [6.45, 7) is 7.09. The molecule has 2 amide bonds. The highest BCUT2D eigenvalue weighted by molar-refractivity contribution is 5.94. The van der Waals surface area contributed by atoms with Crippen LogP contribution in [-0.2, 0) is 16.6 Å². The van der Waals surface area contributed by atoms with E-state index in [1.165, 1.54) is 4.57 Å². The van der Waals surface area contributed by atoms with Gasteiger partial charge in [-0.1, -0.05) is 0 Å². The maximum Gasteiger partial charge on any atom is 0.263 e. The molecule has 26 heavy (non-hydrogen) atoms. The molecule has 142 valence electrons. The SMILES string of the molecule is Cc1cc(C(=O)N2CCCC(C(=O)N3CCOCC3)C2)c(=O)n(C)c1C. The number of carbonyl (C=O) groups is 2. The van der Waals surface area contributed by atoms with Gasteiger partial charge in [-0.15, -0.1) is 0 Å². The molecular weight excluding hydrogens is 334 g/mol. The summed E-state index contributed by atoms with van der Waals surface area (Å²) in [7, 11) is 1.68. The zero-order valence-electron chi connectivity index (χ0n) is 15.8. The van der Waals surface area contributed by atoms with Gasteiger partial charge in [-0.2, -0.15) is 0 Å². The van der Waals surface area contributed by atoms with E-state index in [1.807, 2.05) is 18.7 Å². The number of ether oxygens (including phenoxy) is 1. The van der Waals surface area contributed by atoms with Crippen molar-refractivity contribution in [1.29, 1.82) is 0 Å². The molecule has 2 saturated heterocycles. The van der Waals surface area contributed by atoms with E-state index in [4.69, 9.17) is 4.74 Å². The Kier molecular flexibility index (Phi) is 5.46. The second-order valence-electron chi connectivity index (χ2n) is 7.22. The minimum atomic E-state index is -0.278. The quantitative estimate of drug-likeness (QED) is 0.778. The second kappa shape index (κ2) is 7.61. The lowest BCUT2D eigenvalue weighted by Crippen LogP contribution is -2.50. The van der Waals surface area contributed by atoms with E-state index in [1.54, 1.807) is 18.0 Å². The Morgan fingerprint density at radius 3 is 2.50 bits per heavy atom. The molecule has 0 aliphatic carbocycles. The van der Waals surface area contributed by atoms with Crippen molar-refractivity contribution >= 4 is 11.8 Å². The molecule has 3 rings (SSSR count). The first-order valence-corrected chi connectivity index (χ1v) is 9.23. The summed E-state index contributed by atoms with van der Waals surface area (Å²) < 4.78 is 6.82. The van der Waals surface area contributed by atoms with Gasteiger partial charge in [0, 0.05) is 38.9 Å². The van der Waals surface area contributed by atoms with E-state index in [0.717, 1.165) is 24.1 Å². The van der Waals surface area contributed by atoms with Gasteiger partial charge < -0.3 is 19.1 Å². The number of nitrogens with zero attached hydrogens (tertiary/aromatic N) is 3. The fourth-order valence-electron chi connectivity index (χ4n) is 3.71. The predicted octanol–water partition coefficient (Wildman–Crippen LogP) is 0.713. The third-order valence-corrected chi connectivity index (χ3v) is 5.58. The number of hydrogen-bond donors (Lipinski definition) is 0. The molecule has 1 unspecified atom stereocenters. The number of amides is 2. The first-order valence-electron chi connectivity index (χ1n) is 9.23. The largest absolute Gasteiger partial charge is 0.378 e. The summed E-state index contributed by atoms with van der Waals surface area (Å²) in [5.41, 5.74) is 1.67. The van der Waals surface area contributed by atoms with Gasteiger partial charge in [0.25, 0.3) is 11.5 Å². The maximum absolute atomic E-state index is 12.9. The van der Waals surface area contributed by atoms with Crippen molar-refractivity contribution in [2.24, 2.45) is 13.0 Å². The first-order chi connectivity index (χ1) is 12.4. The Morgan fingerprint density at radius 2 is 1.81 bits per heavy atom. The molecule has 0 bridgehead atoms. The average Bonchev–Trinajstić information content (AvgIpc) is 2.68. The van der Waals surface area contributed by atoms with Crippen LogP contribution in [0.2, 0.25) is 0 Å². The van der Waals surface area contributed by atoms with Crippen LogP contribution < -0.4 is 5.56 Å². The summed E-state index contributed by atoms with van der Waals surface area (Å²) >= 11 is 0. The summed E-state index contributed by atoms with van der Waals surface area (Å²) in [5, 5.41) is 0. The van der Waals surface area contributed by atoms with Crippen molar-refractivity contribution in [2.75, 3.05) is 39.4 Å². The predicted molar refractivity (Wildman–Crippen MR) is 97.2 cm³/mol. The number of carbonyl (C=O) groups excluding carboxylic acids is 2. The molecule has 2 aliphatic rings. The third kappa shape index (κ3) is 3.53. The summed E-state index contributed by atoms with van der Waals surface area (Å²) in [4.78, 5) is 41.7. The van der Waals surface area contributed by atoms with Crippen molar-refractivity contribution in [3.63, 3.8) is 0 Å². The summed E-state index contributed by atoms with van der Waals surface area (Å²) in [6, 6.07) is 1.67. The number of hydrogen-bond acceptors (Lipinski definition) is 4. The van der Waals surface area contributed by atoms with Gasteiger partial charge >= 0.3 is 0 Å². The highest BCUT2D eigenvalue weighted by atomic mass is 16.5. The summed E-state index contributed by atoms with van der Waals surface area (Å²) in [5.74, 6) is -0.367. The highest BCUT2D eigenvalue weighted by Crippen LogP contribution is 2.21. The van der Waals surface area contributed by atoms with E-state index in [9.17, 15) is 14.4 Å². The average molecular weight is 361 g/mol. The Morgan fingerprint density at radius 1 is 1.12 bits per heavy atom. The van der Waals surface area contributed by atoms with Gasteiger partial charge in [0.2, 0.25) is 5.91 Å². The molecule has 7 heteroatoms. The fraction of sp³-hybridized carbons (Fsp3) is 0.632. The molecule has 1 aromatic rings. The molecule has 3 heterocycles. The Labute approximate surface area is 153 Å². The van der Waals surface area contributed by atoms with Crippen molar-refractivity contribution < 1.29 is 14.3 Å². The van der Waals surface area contributed by atoms with Gasteiger partial charge in [-0.3, -0.25) is 14.4 Å². The van der Waals surface area contributed by atoms with Crippen LogP contribution in [-0.4, -0.2) is 65.6 Å². The van der Waals surface area contributed by atoms with Crippen LogP contribution in [0.5, 0.6) is 0 Å². The van der Waals surface area contributed by atoms with E-state index in [2.05, 4.69) is 0 Å². The van der Waals surface area contributed by atoms with Crippen LogP contribution in [0.25, 0.3) is 0 Å². The molecule has 2 fully saturated rings. The zero-order chi connectivity index (χ0) is 18.8. The number of pyridine rings is 1. The zero-order valence-corrected chi connectivity index (χ0v) is 15.8. The molecular formula is C19H27N3O4. The van der Waals surface area contributed by atoms with Crippen LogP contribution in [0.15, 0.2) is 10.9 Å². The van der Waals surface area contributed by atoms with Gasteiger partial charge in [0.1, 0.15) is 5.56 Å². The third-order valence-electron chi connectivity index (χ3n) is 5.58. The van der Waals surface area contributed by atoms with E-state index in [0.29, 0.717) is 39.4 Å². The topological polar surface area (TPSA) is 71.9 Å². The number of aryl methyl sites for hydroxylation is 1. The molecule has 0 saturated carbocycles. The van der Waals surface area contributed by atoms with E-state index < -0.39 is 0 Å². The van der Waals surface area contributed by atoms with E-state index >= 15 is 0 Å². The van der Waals surface area contributed by atoms with Crippen molar-refractivity contribution in [3.05, 3.63) is 33.2 Å². The van der Waals surface area contributed by atoms with Gasteiger partial charge in [0.05, 0.1) is 19.1 Å². The Balaban J connectivity index is 1.76. The van der Waals surface area contributed by atoms with Gasteiger partial charge in [-0.25, -0.2) is 0 Å². The van der Waals surface area contributed by atoms with Crippen molar-refractivity contribution in [1.82, 2.24) is 14.4 Å². The first kappa shape index (κ1) is 18.6. The molecule has 0 spiro atoms. The normalized spacial score (nSPS) is 21.0. The van der Waals surface area contributed by atoms with Crippen LogP contribution in [0, 0.1) is 19.8 Å². The standard InChI is InChI=1S/C19H27N3O4/c1-13-11-16(18(24)20(3)14(13)2)19(25)22-6-4-5-15(12-22)17(23)21-7-9-26-10-8-21/h11,15H,4-10,12H2,1-3H3. The van der Waals surface area contributed by atoms with Crippen molar-refractivity contribution in [2.45, 2.75) is 26.7 Å². The van der Waals surface area contributed by atoms with Crippen LogP contribution in [0.3, 0.4) is 0 Å². The molecule has 2 aliphatic heterocycles. The van der Waals surface area contributed by atoms with Crippen LogP contribution in [0.4, 0.5) is 0 Å². The minimum absolute atomic E-state index is 0.0961. The van der Waals surface area contributed by atoms with E-state index in [-0.39, 0.29) is 28.9 Å². The van der Waals surface area contributed by atoms with Gasteiger partial charge in [0.15, 0.2) is 0 Å². The number of piperidine rings is 1. The molecule has 0 aromatic carbocycles. The fourth-order valence-corrected chi connectivity index (χ4v) is 3.71. The molecule has 1 atom stereocenters. The summed E-state index contributed by atoms with van der Waals surface area (Å²) in [6.07, 6.45) is 1.56. The molecule has 0 N–H and O–H groups in total. The maximum atomic E-state index is 12.9. The smallest absolute Gasteiger partial charge is 0.263 e. The molecule has 0 radical (unpaired) electrons. The van der Waals surface area contributed by atoms with Crippen molar-refractivity contribution in [3.8, 4) is 0 Å². The number of likely N-dealkylation sites (tertiary alicyclic amines) is 1. The lowest BCUT2D eigenvalue weighted by atomic mass is 9.95. The minimum Gasteiger partial charge on any atom is -0.378 e. The lowest BCUT2D eigenvalue weighted by molar-refractivity contribution is -0.141. The van der Waals surface area contributed by atoms with Crippen LogP contribution >= 0.6 is 0 Å². The molecule has 1 aromatic heterocycles. The number of morpholine rings is 1. The lowest BCUT2D eigenvalue weighted by Gasteiger charge is -2.36. The number of rotatable bonds is 2. The Bertz CT molecular complexity index is 765. The molecule has 7 nitrogen and oxygen atoms in total. The monoisotopic (exact) mass is 361 g/mol. The Hall–Kier alpha value is -2.15. The number of aromatic nitrogens is 1. The van der Waals surface area contributed by atoms with Gasteiger partial charge in [-0.05, 0) is 38.3 Å². The van der Waals surface area contributed by atoms with Crippen LogP contribution in [0.1, 0.15) is 34.5 Å². The second-order valence-corrected chi connectivity index (χ2v) is 7.22.